The Morgan fingerprint density at radius 3 is 2.78 bits per heavy atom. The first-order chi connectivity index (χ1) is 13.0. The maximum absolute atomic E-state index is 12.6. The van der Waals surface area contributed by atoms with Crippen molar-refractivity contribution in [3.05, 3.63) is 54.0 Å². The van der Waals surface area contributed by atoms with Gasteiger partial charge in [0.25, 0.3) is 5.91 Å². The molecule has 0 saturated carbocycles. The van der Waals surface area contributed by atoms with Gasteiger partial charge in [-0.25, -0.2) is 0 Å². The number of nitrogens with zero attached hydrogens (tertiary/aromatic N) is 4. The van der Waals surface area contributed by atoms with Crippen LogP contribution in [0.3, 0.4) is 0 Å². The SMILES string of the molecule is CCn1cc(NC(=O)C(C)n2cc(C)cn2)c(C(=O)NCc2ccco2)n1. The predicted molar refractivity (Wildman–Crippen MR) is 98.1 cm³/mol. The van der Waals surface area contributed by atoms with Gasteiger partial charge < -0.3 is 15.1 Å². The van der Waals surface area contributed by atoms with Crippen LogP contribution in [-0.4, -0.2) is 31.4 Å². The number of nitrogens with one attached hydrogen (secondary N) is 2. The van der Waals surface area contributed by atoms with Crippen molar-refractivity contribution < 1.29 is 14.0 Å². The summed E-state index contributed by atoms with van der Waals surface area (Å²) >= 11 is 0. The third kappa shape index (κ3) is 4.25. The lowest BCUT2D eigenvalue weighted by Crippen LogP contribution is -2.27. The Labute approximate surface area is 156 Å². The van der Waals surface area contributed by atoms with Crippen LogP contribution in [0.25, 0.3) is 0 Å². The van der Waals surface area contributed by atoms with E-state index in [1.165, 1.54) is 6.26 Å². The molecule has 1 unspecified atom stereocenters. The zero-order valence-corrected chi connectivity index (χ0v) is 15.5. The van der Waals surface area contributed by atoms with Crippen LogP contribution >= 0.6 is 0 Å². The van der Waals surface area contributed by atoms with E-state index in [2.05, 4.69) is 20.8 Å². The lowest BCUT2D eigenvalue weighted by Gasteiger charge is -2.12. The highest BCUT2D eigenvalue weighted by molar-refractivity contribution is 6.02. The molecule has 0 aliphatic heterocycles. The molecule has 0 aliphatic rings. The maximum atomic E-state index is 12.6. The normalized spacial score (nSPS) is 12.0. The van der Waals surface area contributed by atoms with Gasteiger partial charge in [0.15, 0.2) is 5.69 Å². The molecule has 0 bridgehead atoms. The van der Waals surface area contributed by atoms with Crippen LogP contribution in [-0.2, 0) is 17.9 Å². The molecule has 2 amide bonds. The van der Waals surface area contributed by atoms with Crippen LogP contribution in [0.15, 0.2) is 41.4 Å². The van der Waals surface area contributed by atoms with Crippen molar-refractivity contribution in [1.82, 2.24) is 24.9 Å². The highest BCUT2D eigenvalue weighted by Gasteiger charge is 2.22. The second kappa shape index (κ2) is 7.90. The average Bonchev–Trinajstić information content (AvgIpc) is 3.39. The van der Waals surface area contributed by atoms with E-state index < -0.39 is 11.9 Å². The Bertz CT molecular complexity index is 925. The van der Waals surface area contributed by atoms with Gasteiger partial charge in [0.1, 0.15) is 11.8 Å². The largest absolute Gasteiger partial charge is 0.467 e. The minimum atomic E-state index is -0.525. The first-order valence-corrected chi connectivity index (χ1v) is 8.67. The van der Waals surface area contributed by atoms with Crippen molar-refractivity contribution in [2.45, 2.75) is 39.9 Å². The Morgan fingerprint density at radius 1 is 1.33 bits per heavy atom. The highest BCUT2D eigenvalue weighted by Crippen LogP contribution is 2.17. The van der Waals surface area contributed by atoms with Crippen LogP contribution in [0.4, 0.5) is 5.69 Å². The molecule has 9 nitrogen and oxygen atoms in total. The van der Waals surface area contributed by atoms with Crippen LogP contribution in [0.5, 0.6) is 0 Å². The van der Waals surface area contributed by atoms with Crippen molar-refractivity contribution in [3.8, 4) is 0 Å². The smallest absolute Gasteiger partial charge is 0.274 e. The molecule has 142 valence electrons. The summed E-state index contributed by atoms with van der Waals surface area (Å²) in [5, 5.41) is 13.9. The van der Waals surface area contributed by atoms with Gasteiger partial charge in [0, 0.05) is 18.9 Å². The number of hydrogen-bond acceptors (Lipinski definition) is 5. The molecule has 3 aromatic rings. The van der Waals surface area contributed by atoms with Gasteiger partial charge >= 0.3 is 0 Å². The van der Waals surface area contributed by atoms with Crippen LogP contribution in [0.1, 0.15) is 41.7 Å². The number of aromatic nitrogens is 4. The van der Waals surface area contributed by atoms with E-state index in [0.29, 0.717) is 18.0 Å². The molecule has 0 radical (unpaired) electrons. The molecule has 3 aromatic heterocycles. The Balaban J connectivity index is 1.73. The summed E-state index contributed by atoms with van der Waals surface area (Å²) in [7, 11) is 0. The molecule has 0 spiro atoms. The summed E-state index contributed by atoms with van der Waals surface area (Å²) in [6, 6.07) is 2.99. The van der Waals surface area contributed by atoms with E-state index in [1.54, 1.807) is 47.0 Å². The molecule has 2 N–H and O–H groups in total. The van der Waals surface area contributed by atoms with Crippen molar-refractivity contribution >= 4 is 17.5 Å². The van der Waals surface area contributed by atoms with Crippen molar-refractivity contribution in [2.24, 2.45) is 0 Å². The molecular formula is C18H22N6O3. The molecule has 27 heavy (non-hydrogen) atoms. The van der Waals surface area contributed by atoms with Gasteiger partial charge in [-0.15, -0.1) is 0 Å². The van der Waals surface area contributed by atoms with E-state index in [1.807, 2.05) is 13.8 Å². The molecule has 0 saturated heterocycles. The van der Waals surface area contributed by atoms with E-state index in [4.69, 9.17) is 4.42 Å². The van der Waals surface area contributed by atoms with Crippen molar-refractivity contribution in [3.63, 3.8) is 0 Å². The predicted octanol–water partition coefficient (Wildman–Crippen LogP) is 2.13. The number of rotatable bonds is 7. The van der Waals surface area contributed by atoms with Gasteiger partial charge in [-0.2, -0.15) is 10.2 Å². The van der Waals surface area contributed by atoms with Gasteiger partial charge in [0.05, 0.1) is 24.7 Å². The summed E-state index contributed by atoms with van der Waals surface area (Å²) in [5.41, 5.74) is 1.47. The number of furan rings is 1. The van der Waals surface area contributed by atoms with E-state index >= 15 is 0 Å². The topological polar surface area (TPSA) is 107 Å². The number of aryl methyl sites for hydroxylation is 2. The first-order valence-electron chi connectivity index (χ1n) is 8.67. The first kappa shape index (κ1) is 18.4. The van der Waals surface area contributed by atoms with Gasteiger partial charge in [0.2, 0.25) is 5.91 Å². The van der Waals surface area contributed by atoms with Crippen molar-refractivity contribution in [1.29, 1.82) is 0 Å². The van der Waals surface area contributed by atoms with E-state index in [9.17, 15) is 9.59 Å². The minimum Gasteiger partial charge on any atom is -0.467 e. The maximum Gasteiger partial charge on any atom is 0.274 e. The summed E-state index contributed by atoms with van der Waals surface area (Å²) in [4.78, 5) is 25.1. The molecule has 0 aromatic carbocycles. The standard InChI is InChI=1S/C18H22N6O3/c1-4-23-11-15(21-17(25)13(3)24-10-12(2)8-20-24)16(22-23)18(26)19-9-14-6-5-7-27-14/h5-8,10-11,13H,4,9H2,1-3H3,(H,19,26)(H,21,25). The summed E-state index contributed by atoms with van der Waals surface area (Å²) < 4.78 is 8.38. The third-order valence-electron chi connectivity index (χ3n) is 4.07. The minimum absolute atomic E-state index is 0.153. The molecule has 1 atom stereocenters. The molecule has 0 fully saturated rings. The van der Waals surface area contributed by atoms with E-state index in [0.717, 1.165) is 5.56 Å². The summed E-state index contributed by atoms with van der Waals surface area (Å²) in [5.74, 6) is -0.0446. The zero-order valence-electron chi connectivity index (χ0n) is 15.5. The quantitative estimate of drug-likeness (QED) is 0.662. The molecule has 9 heteroatoms. The molecular weight excluding hydrogens is 348 g/mol. The number of anilines is 1. The summed E-state index contributed by atoms with van der Waals surface area (Å²) in [6.45, 7) is 6.35. The number of amides is 2. The Morgan fingerprint density at radius 2 is 2.15 bits per heavy atom. The van der Waals surface area contributed by atoms with Gasteiger partial charge in [-0.05, 0) is 38.5 Å². The number of carbonyl (C=O) groups is 2. The fourth-order valence-corrected chi connectivity index (χ4v) is 2.51. The molecule has 3 rings (SSSR count). The van der Waals surface area contributed by atoms with Crippen molar-refractivity contribution in [2.75, 3.05) is 5.32 Å². The Hall–Kier alpha value is -3.36. The van der Waals surface area contributed by atoms with Crippen LogP contribution in [0, 0.1) is 6.92 Å². The highest BCUT2D eigenvalue weighted by atomic mass is 16.3. The average molecular weight is 370 g/mol. The second-order valence-corrected chi connectivity index (χ2v) is 6.17. The lowest BCUT2D eigenvalue weighted by atomic mass is 10.2. The van der Waals surface area contributed by atoms with Crippen LogP contribution in [0.2, 0.25) is 0 Å². The van der Waals surface area contributed by atoms with Gasteiger partial charge in [-0.1, -0.05) is 0 Å². The van der Waals surface area contributed by atoms with Crippen LogP contribution < -0.4 is 10.6 Å². The van der Waals surface area contributed by atoms with Gasteiger partial charge in [-0.3, -0.25) is 19.0 Å². The van der Waals surface area contributed by atoms with E-state index in [-0.39, 0.29) is 18.1 Å². The second-order valence-electron chi connectivity index (χ2n) is 6.17. The molecule has 0 aliphatic carbocycles. The lowest BCUT2D eigenvalue weighted by molar-refractivity contribution is -0.119. The fraction of sp³-hybridized carbons (Fsp3) is 0.333. The zero-order chi connectivity index (χ0) is 19.4. The fourth-order valence-electron chi connectivity index (χ4n) is 2.51. The third-order valence-corrected chi connectivity index (χ3v) is 4.07. The monoisotopic (exact) mass is 370 g/mol. The summed E-state index contributed by atoms with van der Waals surface area (Å²) in [6.07, 6.45) is 6.65. The number of hydrogen-bond donors (Lipinski definition) is 2. The Kier molecular flexibility index (Phi) is 5.39. The number of carbonyl (C=O) groups excluding carboxylic acids is 2. The molecule has 3 heterocycles.